The second kappa shape index (κ2) is 12.1. The lowest BCUT2D eigenvalue weighted by Crippen LogP contribution is -2.42. The van der Waals surface area contributed by atoms with Crippen LogP contribution < -0.4 is 4.31 Å². The summed E-state index contributed by atoms with van der Waals surface area (Å²) in [5.41, 5.74) is 0.888. The van der Waals surface area contributed by atoms with Gasteiger partial charge in [-0.05, 0) is 48.4 Å². The van der Waals surface area contributed by atoms with Crippen molar-refractivity contribution >= 4 is 33.2 Å². The molecule has 0 saturated heterocycles. The van der Waals surface area contributed by atoms with E-state index in [2.05, 4.69) is 0 Å². The summed E-state index contributed by atoms with van der Waals surface area (Å²) in [6, 6.07) is 26.9. The molecule has 0 heterocycles. The van der Waals surface area contributed by atoms with Crippen molar-refractivity contribution < 1.29 is 26.4 Å². The van der Waals surface area contributed by atoms with Crippen LogP contribution in [0.25, 0.3) is 0 Å². The predicted octanol–water partition coefficient (Wildman–Crippen LogP) is 7.09. The van der Waals surface area contributed by atoms with Crippen LogP contribution in [0.1, 0.15) is 22.3 Å². The van der Waals surface area contributed by atoms with Gasteiger partial charge in [0, 0.05) is 13.1 Å². The van der Waals surface area contributed by atoms with Crippen LogP contribution in [0.5, 0.6) is 0 Å². The third kappa shape index (κ3) is 7.03. The van der Waals surface area contributed by atoms with Gasteiger partial charge in [0.05, 0.1) is 21.2 Å². The van der Waals surface area contributed by atoms with Gasteiger partial charge in [0.15, 0.2) is 0 Å². The summed E-state index contributed by atoms with van der Waals surface area (Å²) >= 11 is 5.81. The number of alkyl halides is 3. The van der Waals surface area contributed by atoms with Crippen LogP contribution >= 0.6 is 11.6 Å². The third-order valence-electron chi connectivity index (χ3n) is 6.22. The molecule has 0 aromatic heterocycles. The fourth-order valence-corrected chi connectivity index (χ4v) is 5.73. The molecule has 10 heteroatoms. The number of aryl methyl sites for hydroxylation is 1. The van der Waals surface area contributed by atoms with Crippen LogP contribution in [0.2, 0.25) is 5.02 Å². The Balaban J connectivity index is 1.77. The Morgan fingerprint density at radius 2 is 1.32 bits per heavy atom. The smallest absolute Gasteiger partial charge is 0.332 e. The number of halogens is 4. The minimum atomic E-state index is -4.83. The first-order valence-electron chi connectivity index (χ1n) is 12.3. The molecule has 0 aliphatic heterocycles. The van der Waals surface area contributed by atoms with E-state index in [1.807, 2.05) is 60.7 Å². The third-order valence-corrected chi connectivity index (χ3v) is 8.33. The summed E-state index contributed by atoms with van der Waals surface area (Å²) in [4.78, 5) is 15.1. The Kier molecular flexibility index (Phi) is 8.85. The highest BCUT2D eigenvalue weighted by Crippen LogP contribution is 2.38. The summed E-state index contributed by atoms with van der Waals surface area (Å²) in [5.74, 6) is -0.591. The molecule has 0 saturated carbocycles. The Hall–Kier alpha value is -3.82. The molecule has 0 atom stereocenters. The Morgan fingerprint density at radius 1 is 0.800 bits per heavy atom. The second-order valence-corrected chi connectivity index (χ2v) is 11.5. The predicted molar refractivity (Wildman–Crippen MR) is 149 cm³/mol. The summed E-state index contributed by atoms with van der Waals surface area (Å²) in [6.45, 7) is 1.38. The number of anilines is 1. The lowest BCUT2D eigenvalue weighted by molar-refractivity contribution is -0.137. The Bertz CT molecular complexity index is 1520. The van der Waals surface area contributed by atoms with Gasteiger partial charge >= 0.3 is 6.18 Å². The molecule has 0 radical (unpaired) electrons. The summed E-state index contributed by atoms with van der Waals surface area (Å²) in [7, 11) is -4.44. The molecule has 0 aliphatic rings. The molecule has 4 aromatic carbocycles. The number of rotatable bonds is 9. The minimum absolute atomic E-state index is 0.160. The average molecular weight is 587 g/mol. The van der Waals surface area contributed by atoms with Gasteiger partial charge in [-0.3, -0.25) is 9.10 Å². The number of hydrogen-bond donors (Lipinski definition) is 0. The summed E-state index contributed by atoms with van der Waals surface area (Å²) < 4.78 is 69.4. The van der Waals surface area contributed by atoms with Crippen molar-refractivity contribution in [2.45, 2.75) is 31.1 Å². The molecule has 40 heavy (non-hydrogen) atoms. The highest BCUT2D eigenvalue weighted by molar-refractivity contribution is 7.92. The molecule has 4 rings (SSSR count). The van der Waals surface area contributed by atoms with E-state index < -0.39 is 39.2 Å². The number of amides is 1. The molecule has 0 aliphatic carbocycles. The summed E-state index contributed by atoms with van der Waals surface area (Å²) in [6.07, 6.45) is -4.83. The van der Waals surface area contributed by atoms with Crippen LogP contribution in [0, 0.1) is 6.92 Å². The molecule has 0 N–H and O–H groups in total. The first-order chi connectivity index (χ1) is 18.9. The second-order valence-electron chi connectivity index (χ2n) is 9.21. The zero-order chi connectivity index (χ0) is 28.9. The van der Waals surface area contributed by atoms with E-state index in [-0.39, 0.29) is 23.7 Å². The molecule has 0 fully saturated rings. The monoisotopic (exact) mass is 586 g/mol. The SMILES string of the molecule is Cc1ccc(S(=O)(=O)N(CC(=O)N(Cc2ccccc2)Cc2ccccc2)c2ccc(Cl)c(C(F)(F)F)c2)cc1. The van der Waals surface area contributed by atoms with Gasteiger partial charge in [-0.25, -0.2) is 8.42 Å². The molecular formula is C30H26ClF3N2O3S. The number of nitrogens with zero attached hydrogens (tertiary/aromatic N) is 2. The van der Waals surface area contributed by atoms with Gasteiger partial charge in [-0.2, -0.15) is 13.2 Å². The maximum atomic E-state index is 13.8. The maximum Gasteiger partial charge on any atom is 0.417 e. The molecule has 1 amide bonds. The van der Waals surface area contributed by atoms with Crippen molar-refractivity contribution in [1.29, 1.82) is 0 Å². The number of carbonyl (C=O) groups excluding carboxylic acids is 1. The van der Waals surface area contributed by atoms with Crippen molar-refractivity contribution in [3.63, 3.8) is 0 Å². The van der Waals surface area contributed by atoms with E-state index in [1.54, 1.807) is 19.1 Å². The zero-order valence-corrected chi connectivity index (χ0v) is 23.0. The van der Waals surface area contributed by atoms with E-state index in [4.69, 9.17) is 11.6 Å². The quantitative estimate of drug-likeness (QED) is 0.210. The fourth-order valence-electron chi connectivity index (χ4n) is 4.10. The molecule has 208 valence electrons. The lowest BCUT2D eigenvalue weighted by atomic mass is 10.1. The minimum Gasteiger partial charge on any atom is -0.332 e. The van der Waals surface area contributed by atoms with Gasteiger partial charge in [0.1, 0.15) is 6.54 Å². The number of sulfonamides is 1. The average Bonchev–Trinajstić information content (AvgIpc) is 2.92. The first kappa shape index (κ1) is 29.2. The van der Waals surface area contributed by atoms with Gasteiger partial charge in [0.2, 0.25) is 5.91 Å². The van der Waals surface area contributed by atoms with E-state index in [1.165, 1.54) is 17.0 Å². The lowest BCUT2D eigenvalue weighted by Gasteiger charge is -2.29. The first-order valence-corrected chi connectivity index (χ1v) is 14.1. The van der Waals surface area contributed by atoms with Crippen molar-refractivity contribution in [3.05, 3.63) is 130 Å². The van der Waals surface area contributed by atoms with Crippen LogP contribution in [0.15, 0.2) is 108 Å². The van der Waals surface area contributed by atoms with Gasteiger partial charge in [0.25, 0.3) is 10.0 Å². The highest BCUT2D eigenvalue weighted by atomic mass is 35.5. The van der Waals surface area contributed by atoms with Crippen molar-refractivity contribution in [2.75, 3.05) is 10.8 Å². The number of carbonyl (C=O) groups is 1. The van der Waals surface area contributed by atoms with Crippen LogP contribution in [0.4, 0.5) is 18.9 Å². The Labute approximate surface area is 236 Å². The van der Waals surface area contributed by atoms with Crippen LogP contribution in [-0.2, 0) is 34.1 Å². The van der Waals surface area contributed by atoms with E-state index >= 15 is 0 Å². The zero-order valence-electron chi connectivity index (χ0n) is 21.5. The van der Waals surface area contributed by atoms with Crippen molar-refractivity contribution in [2.24, 2.45) is 0 Å². The van der Waals surface area contributed by atoms with Crippen LogP contribution in [-0.4, -0.2) is 25.8 Å². The topological polar surface area (TPSA) is 57.7 Å². The molecule has 5 nitrogen and oxygen atoms in total. The largest absolute Gasteiger partial charge is 0.417 e. The van der Waals surface area contributed by atoms with Gasteiger partial charge in [-0.15, -0.1) is 0 Å². The summed E-state index contributed by atoms with van der Waals surface area (Å²) in [5, 5.41) is -0.579. The van der Waals surface area contributed by atoms with E-state index in [9.17, 15) is 26.4 Å². The maximum absolute atomic E-state index is 13.8. The highest BCUT2D eigenvalue weighted by Gasteiger charge is 2.36. The number of benzene rings is 4. The standard InChI is InChI=1S/C30H26ClF3N2O3S/c1-22-12-15-26(16-13-22)40(38,39)36(25-14-17-28(31)27(18-25)30(32,33)34)21-29(37)35(19-23-8-4-2-5-9-23)20-24-10-6-3-7-11-24/h2-18H,19-21H2,1H3. The molecular weight excluding hydrogens is 561 g/mol. The number of hydrogen-bond acceptors (Lipinski definition) is 3. The molecule has 0 unspecified atom stereocenters. The molecule has 4 aromatic rings. The van der Waals surface area contributed by atoms with Gasteiger partial charge < -0.3 is 4.90 Å². The van der Waals surface area contributed by atoms with Crippen molar-refractivity contribution in [1.82, 2.24) is 4.90 Å². The fraction of sp³-hybridized carbons (Fsp3) is 0.167. The molecule has 0 bridgehead atoms. The van der Waals surface area contributed by atoms with Crippen molar-refractivity contribution in [3.8, 4) is 0 Å². The van der Waals surface area contributed by atoms with Crippen LogP contribution in [0.3, 0.4) is 0 Å². The van der Waals surface area contributed by atoms with Gasteiger partial charge in [-0.1, -0.05) is 90.0 Å². The van der Waals surface area contributed by atoms with E-state index in [0.717, 1.165) is 28.8 Å². The van der Waals surface area contributed by atoms with E-state index in [0.29, 0.717) is 10.4 Å². The normalized spacial score (nSPS) is 11.7. The Morgan fingerprint density at radius 3 is 1.82 bits per heavy atom. The molecule has 0 spiro atoms.